The Kier molecular flexibility index (Phi) is 3.87. The maximum Gasteiger partial charge on any atom is 0.0981 e. The minimum atomic E-state index is 0.690. The summed E-state index contributed by atoms with van der Waals surface area (Å²) < 4.78 is 4.79. The third-order valence-electron chi connectivity index (χ3n) is 2.14. The quantitative estimate of drug-likeness (QED) is 0.630. The lowest BCUT2D eigenvalue weighted by atomic mass is 9.96. The van der Waals surface area contributed by atoms with Gasteiger partial charge in [-0.3, -0.25) is 0 Å². The zero-order valence-corrected chi connectivity index (χ0v) is 7.18. The minimum Gasteiger partial charge on any atom is -0.503 e. The predicted octanol–water partition coefficient (Wildman–Crippen LogP) is 2.03. The van der Waals surface area contributed by atoms with Gasteiger partial charge < -0.3 is 10.1 Å². The van der Waals surface area contributed by atoms with Crippen molar-refractivity contribution in [2.75, 3.05) is 7.11 Å². The molecular weight excluding hydrogens is 138 g/mol. The number of rotatable bonds is 3. The van der Waals surface area contributed by atoms with Gasteiger partial charge in [0.25, 0.3) is 0 Å². The molecule has 1 aliphatic rings. The van der Waals surface area contributed by atoms with Gasteiger partial charge in [-0.25, -0.2) is 0 Å². The van der Waals surface area contributed by atoms with Gasteiger partial charge in [0, 0.05) is 12.2 Å². The molecule has 0 bridgehead atoms. The Bertz CT molecular complexity index is 117. The van der Waals surface area contributed by atoms with Crippen molar-refractivity contribution in [3.8, 4) is 0 Å². The molecule has 0 heterocycles. The molecule has 0 spiro atoms. The van der Waals surface area contributed by atoms with Crippen molar-refractivity contribution in [1.29, 1.82) is 0 Å². The van der Waals surface area contributed by atoms with Crippen molar-refractivity contribution in [1.82, 2.24) is 5.32 Å². The minimum absolute atomic E-state index is 0.690. The molecule has 0 aromatic heterocycles. The van der Waals surface area contributed by atoms with Crippen LogP contribution in [-0.2, 0) is 4.74 Å². The molecule has 1 aliphatic carbocycles. The van der Waals surface area contributed by atoms with Crippen molar-refractivity contribution in [3.63, 3.8) is 0 Å². The zero-order valence-electron chi connectivity index (χ0n) is 7.18. The Balaban J connectivity index is 2.09. The summed E-state index contributed by atoms with van der Waals surface area (Å²) in [4.78, 5) is 0. The fraction of sp³-hybridized carbons (Fsp3) is 0.778. The number of nitrogens with one attached hydrogen (secondary N) is 1. The number of hydrogen-bond acceptors (Lipinski definition) is 2. The van der Waals surface area contributed by atoms with Crippen LogP contribution in [0.25, 0.3) is 0 Å². The number of methoxy groups -OCH3 is 1. The topological polar surface area (TPSA) is 21.3 Å². The standard InChI is InChI=1S/C9H17NO/c1-11-8-7-10-9-5-3-2-4-6-9/h7-10H,2-6H2,1H3/b8-7-. The summed E-state index contributed by atoms with van der Waals surface area (Å²) in [6.45, 7) is 0. The monoisotopic (exact) mass is 155 g/mol. The first-order valence-electron chi connectivity index (χ1n) is 4.37. The molecule has 1 fully saturated rings. The third kappa shape index (κ3) is 3.30. The van der Waals surface area contributed by atoms with Crippen LogP contribution in [0.3, 0.4) is 0 Å². The van der Waals surface area contributed by atoms with E-state index in [1.165, 1.54) is 32.1 Å². The molecule has 2 heteroatoms. The molecule has 0 unspecified atom stereocenters. The summed E-state index contributed by atoms with van der Waals surface area (Å²) in [5, 5.41) is 3.32. The van der Waals surface area contributed by atoms with Gasteiger partial charge in [0.2, 0.25) is 0 Å². The highest BCUT2D eigenvalue weighted by Crippen LogP contribution is 2.16. The van der Waals surface area contributed by atoms with Gasteiger partial charge in [-0.2, -0.15) is 0 Å². The van der Waals surface area contributed by atoms with E-state index >= 15 is 0 Å². The van der Waals surface area contributed by atoms with Gasteiger partial charge in [-0.1, -0.05) is 19.3 Å². The zero-order chi connectivity index (χ0) is 7.94. The van der Waals surface area contributed by atoms with Crippen molar-refractivity contribution >= 4 is 0 Å². The SMILES string of the molecule is CO/C=C\NC1CCCCC1. The number of ether oxygens (including phenoxy) is 1. The van der Waals surface area contributed by atoms with E-state index in [4.69, 9.17) is 4.74 Å². The third-order valence-corrected chi connectivity index (χ3v) is 2.14. The highest BCUT2D eigenvalue weighted by atomic mass is 16.5. The van der Waals surface area contributed by atoms with E-state index < -0.39 is 0 Å². The fourth-order valence-corrected chi connectivity index (χ4v) is 1.51. The molecule has 0 atom stereocenters. The second-order valence-electron chi connectivity index (χ2n) is 3.04. The molecule has 0 amide bonds. The van der Waals surface area contributed by atoms with Gasteiger partial charge >= 0.3 is 0 Å². The van der Waals surface area contributed by atoms with Crippen LogP contribution in [0.1, 0.15) is 32.1 Å². The lowest BCUT2D eigenvalue weighted by molar-refractivity contribution is 0.330. The normalized spacial score (nSPS) is 20.5. The fourth-order valence-electron chi connectivity index (χ4n) is 1.51. The molecular formula is C9H17NO. The molecule has 1 rings (SSSR count). The van der Waals surface area contributed by atoms with Crippen molar-refractivity contribution in [2.24, 2.45) is 0 Å². The molecule has 2 nitrogen and oxygen atoms in total. The van der Waals surface area contributed by atoms with E-state index in [1.807, 2.05) is 6.20 Å². The van der Waals surface area contributed by atoms with E-state index in [0.717, 1.165) is 0 Å². The summed E-state index contributed by atoms with van der Waals surface area (Å²) in [5.41, 5.74) is 0. The van der Waals surface area contributed by atoms with Crippen molar-refractivity contribution in [2.45, 2.75) is 38.1 Å². The van der Waals surface area contributed by atoms with Crippen LogP contribution in [-0.4, -0.2) is 13.2 Å². The summed E-state index contributed by atoms with van der Waals surface area (Å²) >= 11 is 0. The van der Waals surface area contributed by atoms with Gasteiger partial charge in [0.15, 0.2) is 0 Å². The molecule has 1 N–H and O–H groups in total. The Hall–Kier alpha value is -0.660. The summed E-state index contributed by atoms with van der Waals surface area (Å²) in [7, 11) is 1.67. The van der Waals surface area contributed by atoms with Crippen LogP contribution >= 0.6 is 0 Å². The van der Waals surface area contributed by atoms with Gasteiger partial charge in [0.1, 0.15) is 0 Å². The van der Waals surface area contributed by atoms with Crippen LogP contribution in [0.15, 0.2) is 12.5 Å². The van der Waals surface area contributed by atoms with E-state index in [2.05, 4.69) is 5.32 Å². The lowest BCUT2D eigenvalue weighted by Crippen LogP contribution is -2.26. The molecule has 0 aromatic rings. The highest BCUT2D eigenvalue weighted by molar-refractivity contribution is 4.79. The van der Waals surface area contributed by atoms with Crippen LogP contribution in [0.2, 0.25) is 0 Å². The molecule has 1 saturated carbocycles. The summed E-state index contributed by atoms with van der Waals surface area (Å²) in [5.74, 6) is 0. The van der Waals surface area contributed by atoms with E-state index in [-0.39, 0.29) is 0 Å². The van der Waals surface area contributed by atoms with E-state index in [0.29, 0.717) is 6.04 Å². The summed E-state index contributed by atoms with van der Waals surface area (Å²) in [6.07, 6.45) is 10.4. The van der Waals surface area contributed by atoms with Crippen LogP contribution in [0.4, 0.5) is 0 Å². The van der Waals surface area contributed by atoms with Crippen molar-refractivity contribution in [3.05, 3.63) is 12.5 Å². The first-order valence-corrected chi connectivity index (χ1v) is 4.37. The Morgan fingerprint density at radius 2 is 2.00 bits per heavy atom. The van der Waals surface area contributed by atoms with Gasteiger partial charge in [0.05, 0.1) is 13.4 Å². The smallest absolute Gasteiger partial charge is 0.0981 e. The second-order valence-corrected chi connectivity index (χ2v) is 3.04. The largest absolute Gasteiger partial charge is 0.503 e. The first-order chi connectivity index (χ1) is 5.43. The number of hydrogen-bond donors (Lipinski definition) is 1. The van der Waals surface area contributed by atoms with Gasteiger partial charge in [-0.15, -0.1) is 0 Å². The van der Waals surface area contributed by atoms with Gasteiger partial charge in [-0.05, 0) is 12.8 Å². The Morgan fingerprint density at radius 3 is 2.64 bits per heavy atom. The maximum absolute atomic E-state index is 4.79. The average Bonchev–Trinajstić information content (AvgIpc) is 2.07. The molecule has 11 heavy (non-hydrogen) atoms. The average molecular weight is 155 g/mol. The maximum atomic E-state index is 4.79. The van der Waals surface area contributed by atoms with E-state index in [9.17, 15) is 0 Å². The predicted molar refractivity (Wildman–Crippen MR) is 46.2 cm³/mol. The molecule has 64 valence electrons. The molecule has 0 aromatic carbocycles. The molecule has 0 aliphatic heterocycles. The Labute approximate surface area is 68.6 Å². The van der Waals surface area contributed by atoms with E-state index in [1.54, 1.807) is 13.4 Å². The Morgan fingerprint density at radius 1 is 1.27 bits per heavy atom. The van der Waals surface area contributed by atoms with Crippen molar-refractivity contribution < 1.29 is 4.74 Å². The van der Waals surface area contributed by atoms with Crippen LogP contribution in [0.5, 0.6) is 0 Å². The van der Waals surface area contributed by atoms with Crippen LogP contribution in [0, 0.1) is 0 Å². The molecule has 0 saturated heterocycles. The van der Waals surface area contributed by atoms with Crippen LogP contribution < -0.4 is 5.32 Å². The molecule has 0 radical (unpaired) electrons. The lowest BCUT2D eigenvalue weighted by Gasteiger charge is -2.21. The first kappa shape index (κ1) is 8.44. The second kappa shape index (κ2) is 5.05. The summed E-state index contributed by atoms with van der Waals surface area (Å²) in [6, 6.07) is 0.690. The highest BCUT2D eigenvalue weighted by Gasteiger charge is 2.10.